The zero-order chi connectivity index (χ0) is 20.6. The second-order valence-corrected chi connectivity index (χ2v) is 9.18. The van der Waals surface area contributed by atoms with Crippen molar-refractivity contribution in [1.82, 2.24) is 9.78 Å². The van der Waals surface area contributed by atoms with Crippen LogP contribution in [0, 0.1) is 6.92 Å². The van der Waals surface area contributed by atoms with E-state index in [-0.39, 0.29) is 17.4 Å². The number of amides is 1. The molecular weight excluding hydrogens is 390 g/mol. The van der Waals surface area contributed by atoms with Crippen LogP contribution in [0.1, 0.15) is 23.7 Å². The number of rotatable bonds is 5. The molecule has 0 saturated carbocycles. The van der Waals surface area contributed by atoms with E-state index in [1.807, 2.05) is 49.4 Å². The molecule has 0 fully saturated rings. The van der Waals surface area contributed by atoms with Crippen molar-refractivity contribution < 1.29 is 17.9 Å². The highest BCUT2D eigenvalue weighted by atomic mass is 32.2. The first-order valence-corrected chi connectivity index (χ1v) is 11.1. The fraction of sp³-hybridized carbons (Fsp3) is 0.238. The van der Waals surface area contributed by atoms with Crippen molar-refractivity contribution in [1.29, 1.82) is 0 Å². The minimum Gasteiger partial charge on any atom is -0.481 e. The normalized spacial score (nSPS) is 15.5. The van der Waals surface area contributed by atoms with Crippen molar-refractivity contribution in [2.24, 2.45) is 0 Å². The molecule has 7 nitrogen and oxygen atoms in total. The number of hydrogen-bond acceptors (Lipinski definition) is 5. The van der Waals surface area contributed by atoms with Crippen molar-refractivity contribution in [2.45, 2.75) is 31.5 Å². The van der Waals surface area contributed by atoms with Gasteiger partial charge in [0.1, 0.15) is 11.6 Å². The molecule has 8 heteroatoms. The molecule has 1 aliphatic heterocycles. The van der Waals surface area contributed by atoms with Crippen molar-refractivity contribution >= 4 is 21.6 Å². The number of benzene rings is 2. The van der Waals surface area contributed by atoms with Crippen LogP contribution in [0.5, 0.6) is 5.75 Å². The number of aromatic nitrogens is 2. The molecule has 29 heavy (non-hydrogen) atoms. The molecule has 0 unspecified atom stereocenters. The lowest BCUT2D eigenvalue weighted by Gasteiger charge is -2.16. The van der Waals surface area contributed by atoms with E-state index in [4.69, 9.17) is 4.74 Å². The molecule has 1 aromatic heterocycles. The number of fused-ring (bicyclic) bond motifs is 1. The summed E-state index contributed by atoms with van der Waals surface area (Å²) in [5, 5.41) is 7.30. The highest BCUT2D eigenvalue weighted by Gasteiger charge is 2.33. The van der Waals surface area contributed by atoms with Crippen LogP contribution >= 0.6 is 0 Å². The summed E-state index contributed by atoms with van der Waals surface area (Å²) in [7, 11) is -3.25. The molecule has 0 saturated heterocycles. The van der Waals surface area contributed by atoms with E-state index in [0.29, 0.717) is 22.8 Å². The molecule has 0 bridgehead atoms. The highest BCUT2D eigenvalue weighted by molar-refractivity contribution is 7.90. The molecule has 0 spiro atoms. The van der Waals surface area contributed by atoms with E-state index >= 15 is 0 Å². The largest absolute Gasteiger partial charge is 0.481 e. The van der Waals surface area contributed by atoms with Crippen LogP contribution < -0.4 is 10.1 Å². The molecule has 150 valence electrons. The van der Waals surface area contributed by atoms with Gasteiger partial charge in [-0.1, -0.05) is 35.9 Å². The minimum atomic E-state index is -3.25. The summed E-state index contributed by atoms with van der Waals surface area (Å²) in [6, 6.07) is 16.7. The summed E-state index contributed by atoms with van der Waals surface area (Å²) in [5.41, 5.74) is 2.84. The molecular formula is C21H21N3O4S. The number of para-hydroxylation sites is 1. The Labute approximate surface area is 169 Å². The van der Waals surface area contributed by atoms with Gasteiger partial charge in [0, 0.05) is 5.56 Å². The molecule has 0 aliphatic carbocycles. The Balaban J connectivity index is 1.65. The van der Waals surface area contributed by atoms with E-state index in [9.17, 15) is 13.2 Å². The van der Waals surface area contributed by atoms with Gasteiger partial charge in [-0.05, 0) is 38.1 Å². The van der Waals surface area contributed by atoms with Crippen LogP contribution in [-0.4, -0.2) is 30.2 Å². The Bertz CT molecular complexity index is 1150. The quantitative estimate of drug-likeness (QED) is 0.697. The van der Waals surface area contributed by atoms with Crippen molar-refractivity contribution in [3.63, 3.8) is 0 Å². The lowest BCUT2D eigenvalue weighted by atomic mass is 10.2. The Morgan fingerprint density at radius 1 is 1.10 bits per heavy atom. The third-order valence-electron chi connectivity index (χ3n) is 4.73. The SMILES string of the molecule is Cc1ccc(-n2nc3c(c2NC(=O)[C@H](C)Oc2ccccc2)CS(=O)(=O)C3)cc1. The number of ether oxygens (including phenoxy) is 1. The fourth-order valence-electron chi connectivity index (χ4n) is 3.22. The van der Waals surface area contributed by atoms with Gasteiger partial charge in [0.25, 0.3) is 5.91 Å². The summed E-state index contributed by atoms with van der Waals surface area (Å²) in [4.78, 5) is 12.8. The van der Waals surface area contributed by atoms with Gasteiger partial charge < -0.3 is 10.1 Å². The Morgan fingerprint density at radius 2 is 1.79 bits per heavy atom. The van der Waals surface area contributed by atoms with E-state index in [1.54, 1.807) is 23.7 Å². The molecule has 1 aliphatic rings. The van der Waals surface area contributed by atoms with Gasteiger partial charge in [0.2, 0.25) is 0 Å². The van der Waals surface area contributed by atoms with E-state index in [2.05, 4.69) is 10.4 Å². The Kier molecular flexibility index (Phi) is 4.87. The Morgan fingerprint density at radius 3 is 2.48 bits per heavy atom. The van der Waals surface area contributed by atoms with Crippen LogP contribution in [0.3, 0.4) is 0 Å². The standard InChI is InChI=1S/C21H21N3O4S/c1-14-8-10-16(11-9-14)24-20(18-12-29(26,27)13-19(18)23-24)22-21(25)15(2)28-17-6-4-3-5-7-17/h3-11,15H,12-13H2,1-2H3,(H,22,25)/t15-/m0/s1. The number of aryl methyl sites for hydroxylation is 1. The zero-order valence-electron chi connectivity index (χ0n) is 16.1. The van der Waals surface area contributed by atoms with E-state index < -0.39 is 15.9 Å². The molecule has 0 radical (unpaired) electrons. The lowest BCUT2D eigenvalue weighted by molar-refractivity contribution is -0.122. The molecule has 1 atom stereocenters. The third kappa shape index (κ3) is 4.02. The molecule has 1 N–H and O–H groups in total. The molecule has 3 aromatic rings. The summed E-state index contributed by atoms with van der Waals surface area (Å²) in [6.45, 7) is 3.62. The first-order chi connectivity index (χ1) is 13.8. The van der Waals surface area contributed by atoms with Crippen molar-refractivity contribution in [3.8, 4) is 11.4 Å². The second-order valence-electron chi connectivity index (χ2n) is 7.12. The van der Waals surface area contributed by atoms with Crippen LogP contribution in [0.2, 0.25) is 0 Å². The first-order valence-electron chi connectivity index (χ1n) is 9.23. The predicted octanol–water partition coefficient (Wildman–Crippen LogP) is 3.02. The van der Waals surface area contributed by atoms with Crippen molar-refractivity contribution in [3.05, 3.63) is 71.4 Å². The third-order valence-corrected chi connectivity index (χ3v) is 6.17. The average Bonchev–Trinajstić information content (AvgIpc) is 3.15. The van der Waals surface area contributed by atoms with Crippen LogP contribution in [0.25, 0.3) is 5.69 Å². The smallest absolute Gasteiger partial charge is 0.266 e. The number of nitrogens with one attached hydrogen (secondary N) is 1. The monoisotopic (exact) mass is 411 g/mol. The summed E-state index contributed by atoms with van der Waals surface area (Å²) < 4.78 is 31.4. The van der Waals surface area contributed by atoms with Gasteiger partial charge >= 0.3 is 0 Å². The number of nitrogens with zero attached hydrogens (tertiary/aromatic N) is 2. The van der Waals surface area contributed by atoms with Gasteiger partial charge in [-0.25, -0.2) is 13.1 Å². The maximum atomic E-state index is 12.8. The van der Waals surface area contributed by atoms with Crippen molar-refractivity contribution in [2.75, 3.05) is 5.32 Å². The molecule has 4 rings (SSSR count). The topological polar surface area (TPSA) is 90.3 Å². The zero-order valence-corrected chi connectivity index (χ0v) is 16.9. The van der Waals surface area contributed by atoms with Gasteiger partial charge in [0.05, 0.1) is 22.9 Å². The van der Waals surface area contributed by atoms with Crippen LogP contribution in [-0.2, 0) is 26.1 Å². The molecule has 2 heterocycles. The Hall–Kier alpha value is -3.13. The lowest BCUT2D eigenvalue weighted by Crippen LogP contribution is -2.31. The van der Waals surface area contributed by atoms with Gasteiger partial charge in [-0.15, -0.1) is 0 Å². The summed E-state index contributed by atoms with van der Waals surface area (Å²) in [5.74, 6) is 0.306. The van der Waals surface area contributed by atoms with Gasteiger partial charge in [-0.2, -0.15) is 5.10 Å². The molecule has 2 aromatic carbocycles. The highest BCUT2D eigenvalue weighted by Crippen LogP contribution is 2.33. The maximum Gasteiger partial charge on any atom is 0.266 e. The molecule has 1 amide bonds. The number of hydrogen-bond donors (Lipinski definition) is 1. The van der Waals surface area contributed by atoms with Gasteiger partial charge in [0.15, 0.2) is 15.9 Å². The summed E-state index contributed by atoms with van der Waals surface area (Å²) in [6.07, 6.45) is -0.771. The average molecular weight is 411 g/mol. The number of carbonyl (C=O) groups excluding carboxylic acids is 1. The van der Waals surface area contributed by atoms with Crippen LogP contribution in [0.4, 0.5) is 5.82 Å². The first kappa shape index (κ1) is 19.2. The maximum absolute atomic E-state index is 12.8. The number of carbonyl (C=O) groups is 1. The second kappa shape index (κ2) is 7.36. The number of sulfone groups is 1. The van der Waals surface area contributed by atoms with Gasteiger partial charge in [-0.3, -0.25) is 4.79 Å². The minimum absolute atomic E-state index is 0.125. The number of anilines is 1. The fourth-order valence-corrected chi connectivity index (χ4v) is 4.71. The van der Waals surface area contributed by atoms with E-state index in [1.165, 1.54) is 0 Å². The predicted molar refractivity (Wildman–Crippen MR) is 110 cm³/mol. The summed E-state index contributed by atoms with van der Waals surface area (Å²) >= 11 is 0. The van der Waals surface area contributed by atoms with E-state index in [0.717, 1.165) is 11.3 Å². The van der Waals surface area contributed by atoms with Crippen LogP contribution in [0.15, 0.2) is 54.6 Å².